The van der Waals surface area contributed by atoms with Crippen LogP contribution in [0.3, 0.4) is 0 Å². The maximum atomic E-state index is 6.17. The van der Waals surface area contributed by atoms with Gasteiger partial charge >= 0.3 is 0 Å². The van der Waals surface area contributed by atoms with E-state index in [9.17, 15) is 0 Å². The Kier molecular flexibility index (Phi) is 3.04. The zero-order valence-electron chi connectivity index (χ0n) is 11.3. The first-order chi connectivity index (χ1) is 8.68. The lowest BCUT2D eigenvalue weighted by Gasteiger charge is -2.47. The highest BCUT2D eigenvalue weighted by Crippen LogP contribution is 2.29. The molecule has 2 aliphatic heterocycles. The van der Waals surface area contributed by atoms with Gasteiger partial charge in [-0.3, -0.25) is 4.90 Å². The summed E-state index contributed by atoms with van der Waals surface area (Å²) < 4.78 is 6.17. The summed E-state index contributed by atoms with van der Waals surface area (Å²) >= 11 is 0. The Morgan fingerprint density at radius 2 is 2.17 bits per heavy atom. The topological polar surface area (TPSA) is 24.5 Å². The molecule has 1 saturated heterocycles. The standard InChI is InChI=1S/C15H22N2O/c1-3-17-10-15(2,11-17)18-14-5-4-13-9-16-7-6-12(13)8-14/h4-5,8,16H,3,6-7,9-11H2,1-2H3. The lowest BCUT2D eigenvalue weighted by atomic mass is 9.96. The highest BCUT2D eigenvalue weighted by atomic mass is 16.5. The van der Waals surface area contributed by atoms with Gasteiger partial charge in [-0.2, -0.15) is 0 Å². The zero-order chi connectivity index (χ0) is 12.6. The average Bonchev–Trinajstić information content (AvgIpc) is 2.35. The van der Waals surface area contributed by atoms with E-state index < -0.39 is 0 Å². The molecule has 2 aliphatic rings. The third-order valence-corrected chi connectivity index (χ3v) is 3.99. The molecule has 2 heterocycles. The number of benzene rings is 1. The SMILES string of the molecule is CCN1CC(C)(Oc2ccc3c(c2)CCNC3)C1. The van der Waals surface area contributed by atoms with Crippen molar-refractivity contribution in [2.75, 3.05) is 26.2 Å². The van der Waals surface area contributed by atoms with E-state index in [0.29, 0.717) is 0 Å². The molecule has 1 N–H and O–H groups in total. The number of fused-ring (bicyclic) bond motifs is 1. The Bertz CT molecular complexity index is 438. The fourth-order valence-corrected chi connectivity index (χ4v) is 2.99. The van der Waals surface area contributed by atoms with Crippen molar-refractivity contribution < 1.29 is 4.74 Å². The lowest BCUT2D eigenvalue weighted by molar-refractivity contribution is -0.0606. The normalized spacial score (nSPS) is 22.1. The number of hydrogen-bond acceptors (Lipinski definition) is 3. The molecule has 0 saturated carbocycles. The van der Waals surface area contributed by atoms with Crippen molar-refractivity contribution in [1.82, 2.24) is 10.2 Å². The summed E-state index contributed by atoms with van der Waals surface area (Å²) in [6.45, 7) is 9.69. The Morgan fingerprint density at radius 1 is 1.33 bits per heavy atom. The third kappa shape index (κ3) is 2.25. The van der Waals surface area contributed by atoms with E-state index in [0.717, 1.165) is 44.9 Å². The summed E-state index contributed by atoms with van der Waals surface area (Å²) in [7, 11) is 0. The van der Waals surface area contributed by atoms with Gasteiger partial charge in [0.15, 0.2) is 0 Å². The molecule has 1 fully saturated rings. The van der Waals surface area contributed by atoms with E-state index in [1.807, 2.05) is 0 Å². The van der Waals surface area contributed by atoms with Crippen LogP contribution in [-0.4, -0.2) is 36.7 Å². The van der Waals surface area contributed by atoms with E-state index in [4.69, 9.17) is 4.74 Å². The Labute approximate surface area is 109 Å². The van der Waals surface area contributed by atoms with Gasteiger partial charge in [-0.1, -0.05) is 13.0 Å². The number of nitrogens with zero attached hydrogens (tertiary/aromatic N) is 1. The zero-order valence-corrected chi connectivity index (χ0v) is 11.3. The van der Waals surface area contributed by atoms with Crippen molar-refractivity contribution in [3.63, 3.8) is 0 Å². The van der Waals surface area contributed by atoms with Gasteiger partial charge in [0.2, 0.25) is 0 Å². The molecule has 98 valence electrons. The van der Waals surface area contributed by atoms with Crippen LogP contribution in [0.4, 0.5) is 0 Å². The van der Waals surface area contributed by atoms with Crippen molar-refractivity contribution >= 4 is 0 Å². The van der Waals surface area contributed by atoms with Crippen LogP contribution in [-0.2, 0) is 13.0 Å². The molecule has 0 aliphatic carbocycles. The van der Waals surface area contributed by atoms with Crippen LogP contribution < -0.4 is 10.1 Å². The number of likely N-dealkylation sites (tertiary alicyclic amines) is 1. The summed E-state index contributed by atoms with van der Waals surface area (Å²) in [4.78, 5) is 2.41. The Morgan fingerprint density at radius 3 is 2.94 bits per heavy atom. The van der Waals surface area contributed by atoms with Crippen molar-refractivity contribution in [1.29, 1.82) is 0 Å². The van der Waals surface area contributed by atoms with Crippen LogP contribution >= 0.6 is 0 Å². The minimum Gasteiger partial charge on any atom is -0.485 e. The molecule has 0 unspecified atom stereocenters. The first-order valence-corrected chi connectivity index (χ1v) is 6.92. The molecular formula is C15H22N2O. The molecule has 1 aromatic rings. The molecule has 0 amide bonds. The van der Waals surface area contributed by atoms with Gasteiger partial charge in [-0.15, -0.1) is 0 Å². The van der Waals surface area contributed by atoms with Gasteiger partial charge in [-0.25, -0.2) is 0 Å². The van der Waals surface area contributed by atoms with Gasteiger partial charge in [0, 0.05) is 19.6 Å². The number of hydrogen-bond donors (Lipinski definition) is 1. The second-order valence-electron chi connectivity index (χ2n) is 5.71. The van der Waals surface area contributed by atoms with Crippen LogP contribution in [0.1, 0.15) is 25.0 Å². The number of likely N-dealkylation sites (N-methyl/N-ethyl adjacent to an activating group) is 1. The second kappa shape index (κ2) is 4.56. The Balaban J connectivity index is 1.70. The lowest BCUT2D eigenvalue weighted by Crippen LogP contribution is -2.62. The van der Waals surface area contributed by atoms with Crippen LogP contribution in [0.25, 0.3) is 0 Å². The van der Waals surface area contributed by atoms with Gasteiger partial charge in [0.25, 0.3) is 0 Å². The highest BCUT2D eigenvalue weighted by Gasteiger charge is 2.39. The molecule has 1 aromatic carbocycles. The predicted octanol–water partition coefficient (Wildman–Crippen LogP) is 1.81. The molecule has 3 nitrogen and oxygen atoms in total. The first-order valence-electron chi connectivity index (χ1n) is 6.92. The fraction of sp³-hybridized carbons (Fsp3) is 0.600. The third-order valence-electron chi connectivity index (χ3n) is 3.99. The minimum atomic E-state index is 0.0111. The van der Waals surface area contributed by atoms with E-state index in [2.05, 4.69) is 42.3 Å². The van der Waals surface area contributed by atoms with Gasteiger partial charge in [-0.05, 0) is 49.7 Å². The Hall–Kier alpha value is -1.06. The smallest absolute Gasteiger partial charge is 0.131 e. The molecule has 3 heteroatoms. The van der Waals surface area contributed by atoms with Crippen molar-refractivity contribution in [3.8, 4) is 5.75 Å². The van der Waals surface area contributed by atoms with E-state index in [-0.39, 0.29) is 5.60 Å². The molecular weight excluding hydrogens is 224 g/mol. The maximum absolute atomic E-state index is 6.17. The summed E-state index contributed by atoms with van der Waals surface area (Å²) in [6.07, 6.45) is 1.12. The number of ether oxygens (including phenoxy) is 1. The van der Waals surface area contributed by atoms with Crippen LogP contribution in [0, 0.1) is 0 Å². The van der Waals surface area contributed by atoms with Crippen LogP contribution in [0.2, 0.25) is 0 Å². The van der Waals surface area contributed by atoms with Crippen LogP contribution in [0.5, 0.6) is 5.75 Å². The van der Waals surface area contributed by atoms with E-state index in [1.165, 1.54) is 11.1 Å². The molecule has 3 rings (SSSR count). The van der Waals surface area contributed by atoms with E-state index in [1.54, 1.807) is 0 Å². The number of rotatable bonds is 3. The summed E-state index contributed by atoms with van der Waals surface area (Å²) in [6, 6.07) is 6.55. The van der Waals surface area contributed by atoms with Gasteiger partial charge < -0.3 is 10.1 Å². The van der Waals surface area contributed by atoms with Gasteiger partial charge in [0.1, 0.15) is 11.4 Å². The molecule has 0 radical (unpaired) electrons. The minimum absolute atomic E-state index is 0.0111. The molecule has 0 bridgehead atoms. The van der Waals surface area contributed by atoms with Crippen molar-refractivity contribution in [3.05, 3.63) is 29.3 Å². The molecule has 18 heavy (non-hydrogen) atoms. The molecule has 0 aromatic heterocycles. The summed E-state index contributed by atoms with van der Waals surface area (Å²) in [5.41, 5.74) is 2.88. The predicted molar refractivity (Wildman–Crippen MR) is 73.0 cm³/mol. The monoisotopic (exact) mass is 246 g/mol. The quantitative estimate of drug-likeness (QED) is 0.880. The summed E-state index contributed by atoms with van der Waals surface area (Å²) in [5, 5.41) is 3.40. The molecule has 0 atom stereocenters. The van der Waals surface area contributed by atoms with Gasteiger partial charge in [0.05, 0.1) is 0 Å². The largest absolute Gasteiger partial charge is 0.485 e. The number of nitrogens with one attached hydrogen (secondary N) is 1. The van der Waals surface area contributed by atoms with E-state index >= 15 is 0 Å². The fourth-order valence-electron chi connectivity index (χ4n) is 2.99. The van der Waals surface area contributed by atoms with Crippen molar-refractivity contribution in [2.45, 2.75) is 32.4 Å². The maximum Gasteiger partial charge on any atom is 0.131 e. The molecule has 0 spiro atoms. The highest BCUT2D eigenvalue weighted by molar-refractivity contribution is 5.37. The summed E-state index contributed by atoms with van der Waals surface area (Å²) in [5.74, 6) is 1.04. The van der Waals surface area contributed by atoms with Crippen molar-refractivity contribution in [2.24, 2.45) is 0 Å². The average molecular weight is 246 g/mol. The first kappa shape index (κ1) is 12.0. The van der Waals surface area contributed by atoms with Crippen LogP contribution in [0.15, 0.2) is 18.2 Å². The second-order valence-corrected chi connectivity index (χ2v) is 5.71.